The summed E-state index contributed by atoms with van der Waals surface area (Å²) in [4.78, 5) is 21.6. The van der Waals surface area contributed by atoms with Crippen molar-refractivity contribution >= 4 is 11.7 Å². The molecule has 1 aromatic rings. The summed E-state index contributed by atoms with van der Waals surface area (Å²) in [5, 5.41) is 2.01. The first kappa shape index (κ1) is 15.2. The highest BCUT2D eigenvalue weighted by atomic mass is 16.2. The van der Waals surface area contributed by atoms with Gasteiger partial charge in [0, 0.05) is 45.5 Å². The van der Waals surface area contributed by atoms with Crippen molar-refractivity contribution in [2.75, 3.05) is 51.2 Å². The number of hydrogen-bond donors (Lipinski definition) is 1. The summed E-state index contributed by atoms with van der Waals surface area (Å²) in [5.74, 6) is 0.784. The summed E-state index contributed by atoms with van der Waals surface area (Å²) in [6, 6.07) is 3.72. The van der Waals surface area contributed by atoms with Crippen molar-refractivity contribution in [3.8, 4) is 0 Å². The Morgan fingerprint density at radius 3 is 2.55 bits per heavy atom. The van der Waals surface area contributed by atoms with Gasteiger partial charge in [-0.25, -0.2) is 9.99 Å². The molecule has 0 unspecified atom stereocenters. The topological polar surface area (TPSA) is 51.7 Å². The van der Waals surface area contributed by atoms with Crippen LogP contribution in [-0.4, -0.2) is 67.1 Å². The molecule has 1 N–H and O–H groups in total. The lowest BCUT2D eigenvalue weighted by atomic mass is 10.1. The van der Waals surface area contributed by atoms with Gasteiger partial charge in [0.1, 0.15) is 5.82 Å². The van der Waals surface area contributed by atoms with Crippen molar-refractivity contribution in [1.82, 2.24) is 20.3 Å². The van der Waals surface area contributed by atoms with Crippen LogP contribution in [0, 0.1) is 0 Å². The smallest absolute Gasteiger partial charge is 0.269 e. The van der Waals surface area contributed by atoms with Gasteiger partial charge in [-0.3, -0.25) is 10.2 Å². The van der Waals surface area contributed by atoms with Crippen molar-refractivity contribution < 1.29 is 4.79 Å². The van der Waals surface area contributed by atoms with E-state index in [0.717, 1.165) is 45.1 Å². The first-order valence-corrected chi connectivity index (χ1v) is 8.18. The number of nitrogens with one attached hydrogen (secondary N) is 1. The Bertz CT molecular complexity index is 507. The number of nitrogens with zero attached hydrogens (tertiary/aromatic N) is 4. The molecule has 0 spiro atoms. The number of likely N-dealkylation sites (N-methyl/N-ethyl adjacent to an activating group) is 1. The molecule has 0 atom stereocenters. The van der Waals surface area contributed by atoms with Gasteiger partial charge < -0.3 is 9.80 Å². The summed E-state index contributed by atoms with van der Waals surface area (Å²) in [7, 11) is 2.11. The number of piperazine rings is 1. The van der Waals surface area contributed by atoms with E-state index in [1.54, 1.807) is 6.20 Å². The molecule has 1 aromatic heterocycles. The van der Waals surface area contributed by atoms with Crippen LogP contribution in [0.4, 0.5) is 5.82 Å². The zero-order valence-electron chi connectivity index (χ0n) is 13.3. The second-order valence-electron chi connectivity index (χ2n) is 6.15. The second-order valence-corrected chi connectivity index (χ2v) is 6.15. The molecule has 0 bridgehead atoms. The average molecular weight is 303 g/mol. The summed E-state index contributed by atoms with van der Waals surface area (Å²) in [6.45, 7) is 5.67. The second kappa shape index (κ2) is 7.07. The predicted octanol–water partition coefficient (Wildman–Crippen LogP) is 0.964. The summed E-state index contributed by atoms with van der Waals surface area (Å²) >= 11 is 0. The van der Waals surface area contributed by atoms with Crippen LogP contribution in [0.15, 0.2) is 18.3 Å². The van der Waals surface area contributed by atoms with E-state index < -0.39 is 0 Å². The van der Waals surface area contributed by atoms with Crippen molar-refractivity contribution in [1.29, 1.82) is 0 Å². The molecule has 3 rings (SSSR count). The van der Waals surface area contributed by atoms with E-state index >= 15 is 0 Å². The Labute approximate surface area is 132 Å². The predicted molar refractivity (Wildman–Crippen MR) is 86.8 cm³/mol. The normalized spacial score (nSPS) is 20.9. The number of amides is 1. The molecule has 2 saturated heterocycles. The molecular weight excluding hydrogens is 278 g/mol. The molecule has 6 nitrogen and oxygen atoms in total. The number of piperidine rings is 1. The highest BCUT2D eigenvalue weighted by molar-refractivity contribution is 5.98. The van der Waals surface area contributed by atoms with Gasteiger partial charge in [-0.05, 0) is 38.4 Å². The number of rotatable bonds is 3. The lowest BCUT2D eigenvalue weighted by molar-refractivity contribution is 0.0662. The highest BCUT2D eigenvalue weighted by Gasteiger charge is 2.22. The third-order valence-corrected chi connectivity index (χ3v) is 4.45. The molecule has 22 heavy (non-hydrogen) atoms. The van der Waals surface area contributed by atoms with Gasteiger partial charge in [-0.1, -0.05) is 0 Å². The zero-order chi connectivity index (χ0) is 15.4. The fraction of sp³-hybridized carbons (Fsp3) is 0.625. The fourth-order valence-electron chi connectivity index (χ4n) is 3.05. The van der Waals surface area contributed by atoms with Gasteiger partial charge in [0.2, 0.25) is 0 Å². The maximum Gasteiger partial charge on any atom is 0.269 e. The number of carbonyl (C=O) groups excluding carboxylic acids is 1. The van der Waals surface area contributed by atoms with Crippen LogP contribution in [0.25, 0.3) is 0 Å². The molecule has 2 aliphatic heterocycles. The van der Waals surface area contributed by atoms with Crippen LogP contribution < -0.4 is 10.3 Å². The zero-order valence-corrected chi connectivity index (χ0v) is 13.3. The molecule has 6 heteroatoms. The number of hydrogen-bond acceptors (Lipinski definition) is 5. The van der Waals surface area contributed by atoms with Gasteiger partial charge in [0.25, 0.3) is 5.91 Å². The first-order valence-electron chi connectivity index (χ1n) is 8.18. The Morgan fingerprint density at radius 1 is 1.09 bits per heavy atom. The van der Waals surface area contributed by atoms with Crippen LogP contribution >= 0.6 is 0 Å². The van der Waals surface area contributed by atoms with Crippen molar-refractivity contribution in [3.63, 3.8) is 0 Å². The van der Waals surface area contributed by atoms with Crippen molar-refractivity contribution in [3.05, 3.63) is 23.9 Å². The van der Waals surface area contributed by atoms with Crippen LogP contribution in [0.2, 0.25) is 0 Å². The van der Waals surface area contributed by atoms with Crippen LogP contribution in [0.1, 0.15) is 29.6 Å². The standard InChI is InChI=1S/C16H25N5O/c1-19-10-12-21(13-11-19)18-16(22)14-6-5-7-17-15(14)20-8-3-2-4-9-20/h5-7H,2-4,8-13H2,1H3,(H,18,22). The van der Waals surface area contributed by atoms with Gasteiger partial charge in [-0.15, -0.1) is 0 Å². The monoisotopic (exact) mass is 303 g/mol. The van der Waals surface area contributed by atoms with E-state index in [-0.39, 0.29) is 5.91 Å². The van der Waals surface area contributed by atoms with E-state index in [1.807, 2.05) is 17.1 Å². The molecule has 1 amide bonds. The number of anilines is 1. The molecule has 2 aliphatic rings. The number of carbonyl (C=O) groups is 1. The quantitative estimate of drug-likeness (QED) is 0.901. The third-order valence-electron chi connectivity index (χ3n) is 4.45. The minimum atomic E-state index is -0.0433. The summed E-state index contributed by atoms with van der Waals surface area (Å²) in [6.07, 6.45) is 5.40. The third kappa shape index (κ3) is 3.56. The molecular formula is C16H25N5O. The van der Waals surface area contributed by atoms with E-state index in [2.05, 4.69) is 27.3 Å². The lowest BCUT2D eigenvalue weighted by Gasteiger charge is -2.33. The Kier molecular flexibility index (Phi) is 4.90. The maximum atomic E-state index is 12.6. The number of pyridine rings is 1. The van der Waals surface area contributed by atoms with Gasteiger partial charge >= 0.3 is 0 Å². The summed E-state index contributed by atoms with van der Waals surface area (Å²) < 4.78 is 0. The fourth-order valence-corrected chi connectivity index (χ4v) is 3.05. The number of aromatic nitrogens is 1. The van der Waals surface area contributed by atoms with E-state index in [0.29, 0.717) is 5.56 Å². The molecule has 0 saturated carbocycles. The van der Waals surface area contributed by atoms with Crippen LogP contribution in [0.3, 0.4) is 0 Å². The average Bonchev–Trinajstić information content (AvgIpc) is 2.58. The van der Waals surface area contributed by atoms with Crippen molar-refractivity contribution in [2.24, 2.45) is 0 Å². The van der Waals surface area contributed by atoms with Crippen LogP contribution in [0.5, 0.6) is 0 Å². The van der Waals surface area contributed by atoms with Crippen LogP contribution in [-0.2, 0) is 0 Å². The Hall–Kier alpha value is -1.66. The molecule has 2 fully saturated rings. The van der Waals surface area contributed by atoms with Gasteiger partial charge in [-0.2, -0.15) is 0 Å². The molecule has 0 aliphatic carbocycles. The molecule has 0 radical (unpaired) electrons. The SMILES string of the molecule is CN1CCN(NC(=O)c2cccnc2N2CCCCC2)CC1. The maximum absolute atomic E-state index is 12.6. The van der Waals surface area contributed by atoms with E-state index in [4.69, 9.17) is 0 Å². The molecule has 120 valence electrons. The lowest BCUT2D eigenvalue weighted by Crippen LogP contribution is -2.52. The molecule has 0 aromatic carbocycles. The van der Waals surface area contributed by atoms with Crippen molar-refractivity contribution in [2.45, 2.75) is 19.3 Å². The Balaban J connectivity index is 1.69. The first-order chi connectivity index (χ1) is 10.7. The van der Waals surface area contributed by atoms with Gasteiger partial charge in [0.05, 0.1) is 5.56 Å². The molecule has 3 heterocycles. The number of hydrazine groups is 1. The summed E-state index contributed by atoms with van der Waals surface area (Å²) in [5.41, 5.74) is 3.72. The largest absolute Gasteiger partial charge is 0.356 e. The minimum absolute atomic E-state index is 0.0433. The van der Waals surface area contributed by atoms with E-state index in [9.17, 15) is 4.79 Å². The van der Waals surface area contributed by atoms with Gasteiger partial charge in [0.15, 0.2) is 0 Å². The Morgan fingerprint density at radius 2 is 1.82 bits per heavy atom. The minimum Gasteiger partial charge on any atom is -0.356 e. The highest BCUT2D eigenvalue weighted by Crippen LogP contribution is 2.21. The van der Waals surface area contributed by atoms with E-state index in [1.165, 1.54) is 19.3 Å².